The number of hydrogen-bond acceptors (Lipinski definition) is 7. The Morgan fingerprint density at radius 1 is 1.35 bits per heavy atom. The van der Waals surface area contributed by atoms with Crippen molar-refractivity contribution in [3.05, 3.63) is 46.1 Å². The zero-order chi connectivity index (χ0) is 14.7. The molecule has 0 bridgehead atoms. The quantitative estimate of drug-likeness (QED) is 0.443. The van der Waals surface area contributed by atoms with E-state index in [0.717, 1.165) is 18.3 Å². The van der Waals surface area contributed by atoms with Crippen molar-refractivity contribution in [2.45, 2.75) is 0 Å². The van der Waals surface area contributed by atoms with Crippen LogP contribution in [0.1, 0.15) is 0 Å². The molecule has 0 spiro atoms. The standard InChI is InChI=1S/C10H8F2N6O2/c11-5-1-2-7(6(12)3-5)15-9-8(18(19)20)4-14-10(16-9)17-13/h1-4H,13H2,(H2,14,15,16,17). The summed E-state index contributed by atoms with van der Waals surface area (Å²) in [4.78, 5) is 17.4. The zero-order valence-corrected chi connectivity index (χ0v) is 9.80. The third kappa shape index (κ3) is 2.75. The van der Waals surface area contributed by atoms with Gasteiger partial charge in [0.25, 0.3) is 0 Å². The van der Waals surface area contributed by atoms with E-state index in [2.05, 4.69) is 20.7 Å². The highest BCUT2D eigenvalue weighted by molar-refractivity contribution is 5.66. The van der Waals surface area contributed by atoms with Gasteiger partial charge in [-0.2, -0.15) is 4.98 Å². The van der Waals surface area contributed by atoms with Crippen molar-refractivity contribution in [3.63, 3.8) is 0 Å². The van der Waals surface area contributed by atoms with E-state index in [4.69, 9.17) is 5.84 Å². The molecule has 20 heavy (non-hydrogen) atoms. The molecule has 10 heteroatoms. The van der Waals surface area contributed by atoms with Crippen LogP contribution in [0, 0.1) is 21.7 Å². The Balaban J connectivity index is 2.43. The van der Waals surface area contributed by atoms with Crippen LogP contribution in [0.4, 0.5) is 31.9 Å². The van der Waals surface area contributed by atoms with Gasteiger partial charge in [0.1, 0.15) is 17.8 Å². The van der Waals surface area contributed by atoms with E-state index in [-0.39, 0.29) is 17.5 Å². The minimum atomic E-state index is -0.917. The van der Waals surface area contributed by atoms with Gasteiger partial charge >= 0.3 is 5.69 Å². The predicted octanol–water partition coefficient (Wildman–Crippen LogP) is 1.69. The van der Waals surface area contributed by atoms with E-state index in [0.29, 0.717) is 6.07 Å². The Bertz CT molecular complexity index is 666. The second-order valence-corrected chi connectivity index (χ2v) is 3.58. The van der Waals surface area contributed by atoms with Gasteiger partial charge in [-0.15, -0.1) is 0 Å². The molecule has 0 radical (unpaired) electrons. The van der Waals surface area contributed by atoms with E-state index in [9.17, 15) is 18.9 Å². The smallest absolute Gasteiger partial charge is 0.329 e. The number of benzene rings is 1. The summed E-state index contributed by atoms with van der Waals surface area (Å²) in [7, 11) is 0. The molecule has 0 aliphatic rings. The summed E-state index contributed by atoms with van der Waals surface area (Å²) in [6, 6.07) is 2.73. The molecule has 2 aromatic rings. The molecule has 1 aromatic carbocycles. The van der Waals surface area contributed by atoms with Crippen LogP contribution in [-0.2, 0) is 0 Å². The normalized spacial score (nSPS) is 10.2. The van der Waals surface area contributed by atoms with Crippen LogP contribution in [0.5, 0.6) is 0 Å². The summed E-state index contributed by atoms with van der Waals surface area (Å²) in [5.74, 6) is 3.04. The summed E-state index contributed by atoms with van der Waals surface area (Å²) in [5.41, 5.74) is 1.46. The topological polar surface area (TPSA) is 119 Å². The number of nitrogens with two attached hydrogens (primary N) is 1. The van der Waals surface area contributed by atoms with Crippen LogP contribution in [-0.4, -0.2) is 14.9 Å². The number of rotatable bonds is 4. The molecule has 0 unspecified atom stereocenters. The fourth-order valence-corrected chi connectivity index (χ4v) is 1.39. The van der Waals surface area contributed by atoms with Crippen LogP contribution < -0.4 is 16.6 Å². The maximum Gasteiger partial charge on any atom is 0.329 e. The van der Waals surface area contributed by atoms with E-state index in [1.165, 1.54) is 0 Å². The molecule has 0 saturated heterocycles. The Labute approximate surface area is 110 Å². The second-order valence-electron chi connectivity index (χ2n) is 3.58. The molecule has 0 aliphatic carbocycles. The average molecular weight is 282 g/mol. The zero-order valence-electron chi connectivity index (χ0n) is 9.80. The van der Waals surface area contributed by atoms with Crippen molar-refractivity contribution in [1.82, 2.24) is 9.97 Å². The summed E-state index contributed by atoms with van der Waals surface area (Å²) >= 11 is 0. The van der Waals surface area contributed by atoms with Crippen LogP contribution in [0.15, 0.2) is 24.4 Å². The van der Waals surface area contributed by atoms with Gasteiger partial charge in [-0.1, -0.05) is 0 Å². The number of aromatic nitrogens is 2. The van der Waals surface area contributed by atoms with Crippen molar-refractivity contribution >= 4 is 23.1 Å². The molecule has 0 fully saturated rings. The molecule has 4 N–H and O–H groups in total. The van der Waals surface area contributed by atoms with Crippen LogP contribution in [0.2, 0.25) is 0 Å². The predicted molar refractivity (Wildman–Crippen MR) is 66.1 cm³/mol. The maximum atomic E-state index is 13.5. The number of halogens is 2. The first-order chi connectivity index (χ1) is 9.51. The molecule has 1 heterocycles. The van der Waals surface area contributed by atoms with Crippen LogP contribution in [0.25, 0.3) is 0 Å². The molecule has 0 saturated carbocycles. The Hall–Kier alpha value is -2.88. The Kier molecular flexibility index (Phi) is 3.66. The molecule has 104 valence electrons. The molecule has 0 aliphatic heterocycles. The van der Waals surface area contributed by atoms with Gasteiger partial charge in [0.05, 0.1) is 10.6 Å². The first-order valence-corrected chi connectivity index (χ1v) is 5.21. The fourth-order valence-electron chi connectivity index (χ4n) is 1.39. The average Bonchev–Trinajstić information content (AvgIpc) is 2.41. The molecule has 8 nitrogen and oxygen atoms in total. The lowest BCUT2D eigenvalue weighted by Gasteiger charge is -2.08. The SMILES string of the molecule is NNc1ncc([N+](=O)[O-])c(Nc2ccc(F)cc2F)n1. The van der Waals surface area contributed by atoms with Crippen molar-refractivity contribution < 1.29 is 13.7 Å². The van der Waals surface area contributed by atoms with E-state index < -0.39 is 22.2 Å². The number of nitro groups is 1. The number of hydrogen-bond donors (Lipinski definition) is 3. The first kappa shape index (κ1) is 13.5. The molecule has 1 aromatic heterocycles. The Morgan fingerprint density at radius 3 is 2.70 bits per heavy atom. The lowest BCUT2D eigenvalue weighted by atomic mass is 10.3. The Morgan fingerprint density at radius 2 is 2.10 bits per heavy atom. The van der Waals surface area contributed by atoms with E-state index >= 15 is 0 Å². The van der Waals surface area contributed by atoms with Gasteiger partial charge in [0.15, 0.2) is 0 Å². The van der Waals surface area contributed by atoms with Gasteiger partial charge in [0, 0.05) is 6.07 Å². The number of nitrogens with zero attached hydrogens (tertiary/aromatic N) is 3. The van der Waals surface area contributed by atoms with Crippen molar-refractivity contribution in [2.75, 3.05) is 10.7 Å². The van der Waals surface area contributed by atoms with Crippen molar-refractivity contribution in [1.29, 1.82) is 0 Å². The van der Waals surface area contributed by atoms with Gasteiger partial charge in [-0.3, -0.25) is 15.5 Å². The lowest BCUT2D eigenvalue weighted by molar-refractivity contribution is -0.384. The van der Waals surface area contributed by atoms with Gasteiger partial charge < -0.3 is 5.32 Å². The lowest BCUT2D eigenvalue weighted by Crippen LogP contribution is -2.12. The highest BCUT2D eigenvalue weighted by Crippen LogP contribution is 2.27. The van der Waals surface area contributed by atoms with Crippen LogP contribution in [0.3, 0.4) is 0 Å². The number of anilines is 3. The summed E-state index contributed by atoms with van der Waals surface area (Å²) in [6.45, 7) is 0. The third-order valence-corrected chi connectivity index (χ3v) is 2.28. The monoisotopic (exact) mass is 282 g/mol. The molecular weight excluding hydrogens is 274 g/mol. The minimum absolute atomic E-state index is 0.0966. The summed E-state index contributed by atoms with van der Waals surface area (Å²) in [5, 5.41) is 13.2. The van der Waals surface area contributed by atoms with Gasteiger partial charge in [-0.05, 0) is 12.1 Å². The molecule has 0 atom stereocenters. The highest BCUT2D eigenvalue weighted by atomic mass is 19.1. The minimum Gasteiger partial charge on any atom is -0.332 e. The summed E-state index contributed by atoms with van der Waals surface area (Å²) < 4.78 is 26.3. The van der Waals surface area contributed by atoms with Crippen LogP contribution >= 0.6 is 0 Å². The fraction of sp³-hybridized carbons (Fsp3) is 0. The van der Waals surface area contributed by atoms with E-state index in [1.807, 2.05) is 0 Å². The first-order valence-electron chi connectivity index (χ1n) is 5.21. The van der Waals surface area contributed by atoms with Gasteiger partial charge in [0.2, 0.25) is 11.8 Å². The van der Waals surface area contributed by atoms with Crippen molar-refractivity contribution in [2.24, 2.45) is 5.84 Å². The number of hydrazine groups is 1. The summed E-state index contributed by atoms with van der Waals surface area (Å²) in [6.07, 6.45) is 0.909. The van der Waals surface area contributed by atoms with Gasteiger partial charge in [-0.25, -0.2) is 19.6 Å². The third-order valence-electron chi connectivity index (χ3n) is 2.28. The number of nitrogen functional groups attached to an aromatic ring is 1. The molecule has 2 rings (SSSR count). The largest absolute Gasteiger partial charge is 0.332 e. The van der Waals surface area contributed by atoms with E-state index in [1.54, 1.807) is 0 Å². The second kappa shape index (κ2) is 5.40. The number of nitrogens with one attached hydrogen (secondary N) is 2. The van der Waals surface area contributed by atoms with Crippen molar-refractivity contribution in [3.8, 4) is 0 Å². The highest BCUT2D eigenvalue weighted by Gasteiger charge is 2.18. The maximum absolute atomic E-state index is 13.5. The molecular formula is C10H8F2N6O2. The molecule has 0 amide bonds.